The molecule has 0 saturated carbocycles. The molecule has 0 unspecified atom stereocenters. The number of aliphatic imine (C=N–C) groups is 1. The van der Waals surface area contributed by atoms with Crippen molar-refractivity contribution in [3.05, 3.63) is 22.9 Å². The van der Waals surface area contributed by atoms with Crippen LogP contribution in [0, 0.1) is 6.92 Å². The molecule has 0 aromatic carbocycles. The standard InChI is InChI=1S/C14H21N3O2/c1-6-11-9-12(10(2)16-14(11)19-5)13(18)15-7-8-17(3)4/h7,9H,6,8H2,1-5H3. The zero-order valence-corrected chi connectivity index (χ0v) is 12.2. The molecular weight excluding hydrogens is 242 g/mol. The number of hydrogen-bond donors (Lipinski definition) is 0. The van der Waals surface area contributed by atoms with E-state index in [-0.39, 0.29) is 5.91 Å². The van der Waals surface area contributed by atoms with Crippen LogP contribution in [-0.4, -0.2) is 49.8 Å². The average molecular weight is 263 g/mol. The van der Waals surface area contributed by atoms with Crippen LogP contribution >= 0.6 is 0 Å². The lowest BCUT2D eigenvalue weighted by atomic mass is 10.1. The summed E-state index contributed by atoms with van der Waals surface area (Å²) in [7, 11) is 5.43. The molecule has 0 fully saturated rings. The van der Waals surface area contributed by atoms with E-state index >= 15 is 0 Å². The van der Waals surface area contributed by atoms with Crippen molar-refractivity contribution in [2.24, 2.45) is 4.99 Å². The van der Waals surface area contributed by atoms with Crippen molar-refractivity contribution < 1.29 is 9.53 Å². The number of aromatic nitrogens is 1. The molecule has 19 heavy (non-hydrogen) atoms. The zero-order chi connectivity index (χ0) is 14.4. The number of aryl methyl sites for hydroxylation is 2. The topological polar surface area (TPSA) is 54.8 Å². The molecule has 0 saturated heterocycles. The van der Waals surface area contributed by atoms with Crippen molar-refractivity contribution in [1.29, 1.82) is 0 Å². The highest BCUT2D eigenvalue weighted by molar-refractivity contribution is 6.00. The second-order valence-electron chi connectivity index (χ2n) is 4.52. The highest BCUT2D eigenvalue weighted by Crippen LogP contribution is 2.20. The second-order valence-corrected chi connectivity index (χ2v) is 4.52. The van der Waals surface area contributed by atoms with Crippen LogP contribution < -0.4 is 4.74 Å². The van der Waals surface area contributed by atoms with Gasteiger partial charge in [-0.3, -0.25) is 4.79 Å². The van der Waals surface area contributed by atoms with Gasteiger partial charge in [0.2, 0.25) is 5.88 Å². The Labute approximate surface area is 114 Å². The third kappa shape index (κ3) is 4.13. The van der Waals surface area contributed by atoms with Gasteiger partial charge in [0.05, 0.1) is 18.4 Å². The number of methoxy groups -OCH3 is 1. The van der Waals surface area contributed by atoms with Crippen molar-refractivity contribution in [2.75, 3.05) is 27.7 Å². The first kappa shape index (κ1) is 15.3. The summed E-state index contributed by atoms with van der Waals surface area (Å²) < 4.78 is 5.20. The highest BCUT2D eigenvalue weighted by Gasteiger charge is 2.13. The Hall–Kier alpha value is -1.75. The molecule has 0 spiro atoms. The van der Waals surface area contributed by atoms with E-state index in [0.29, 0.717) is 23.7 Å². The molecule has 1 rings (SSSR count). The predicted octanol–water partition coefficient (Wildman–Crippen LogP) is 1.73. The zero-order valence-electron chi connectivity index (χ0n) is 12.2. The Morgan fingerprint density at radius 2 is 2.21 bits per heavy atom. The highest BCUT2D eigenvalue weighted by atomic mass is 16.5. The molecule has 1 heterocycles. The smallest absolute Gasteiger partial charge is 0.278 e. The van der Waals surface area contributed by atoms with Gasteiger partial charge in [0.1, 0.15) is 0 Å². The van der Waals surface area contributed by atoms with Gasteiger partial charge in [-0.1, -0.05) is 6.92 Å². The summed E-state index contributed by atoms with van der Waals surface area (Å²) in [5.74, 6) is 0.318. The van der Waals surface area contributed by atoms with Gasteiger partial charge >= 0.3 is 0 Å². The maximum atomic E-state index is 12.0. The minimum Gasteiger partial charge on any atom is -0.481 e. The first-order chi connectivity index (χ1) is 8.99. The second kappa shape index (κ2) is 6.99. The summed E-state index contributed by atoms with van der Waals surface area (Å²) in [6.07, 6.45) is 2.37. The number of nitrogens with zero attached hydrogens (tertiary/aromatic N) is 3. The first-order valence-corrected chi connectivity index (χ1v) is 6.25. The summed E-state index contributed by atoms with van der Waals surface area (Å²) >= 11 is 0. The number of amides is 1. The van der Waals surface area contributed by atoms with Crippen LogP contribution in [0.5, 0.6) is 5.88 Å². The van der Waals surface area contributed by atoms with E-state index in [9.17, 15) is 4.79 Å². The Kier molecular flexibility index (Phi) is 5.63. The third-order valence-electron chi connectivity index (χ3n) is 2.71. The lowest BCUT2D eigenvalue weighted by Crippen LogP contribution is -2.14. The monoisotopic (exact) mass is 263 g/mol. The van der Waals surface area contributed by atoms with Gasteiger partial charge < -0.3 is 9.64 Å². The van der Waals surface area contributed by atoms with Gasteiger partial charge in [-0.25, -0.2) is 9.98 Å². The number of ether oxygens (including phenoxy) is 1. The molecule has 0 radical (unpaired) electrons. The lowest BCUT2D eigenvalue weighted by molar-refractivity contribution is 0.100. The molecule has 0 atom stereocenters. The Morgan fingerprint density at radius 1 is 1.53 bits per heavy atom. The number of carbonyl (C=O) groups is 1. The normalized spacial score (nSPS) is 11.3. The Bertz CT molecular complexity index is 482. The quantitative estimate of drug-likeness (QED) is 0.759. The Morgan fingerprint density at radius 3 is 2.74 bits per heavy atom. The van der Waals surface area contributed by atoms with E-state index < -0.39 is 0 Å². The third-order valence-corrected chi connectivity index (χ3v) is 2.71. The largest absolute Gasteiger partial charge is 0.481 e. The molecule has 0 aliphatic heterocycles. The van der Waals surface area contributed by atoms with Crippen LogP contribution in [-0.2, 0) is 6.42 Å². The molecule has 0 aliphatic rings. The lowest BCUT2D eigenvalue weighted by Gasteiger charge is -2.09. The minimum atomic E-state index is -0.260. The fourth-order valence-corrected chi connectivity index (χ4v) is 1.63. The molecule has 0 bridgehead atoms. The van der Waals surface area contributed by atoms with E-state index in [0.717, 1.165) is 12.0 Å². The summed E-state index contributed by atoms with van der Waals surface area (Å²) in [4.78, 5) is 22.2. The average Bonchev–Trinajstić information content (AvgIpc) is 2.37. The summed E-state index contributed by atoms with van der Waals surface area (Å²) in [5.41, 5.74) is 2.09. The van der Waals surface area contributed by atoms with Gasteiger partial charge in [0, 0.05) is 18.3 Å². The SMILES string of the molecule is CCc1cc(C(=O)N=CCN(C)C)c(C)nc1OC. The fourth-order valence-electron chi connectivity index (χ4n) is 1.63. The predicted molar refractivity (Wildman–Crippen MR) is 76.3 cm³/mol. The van der Waals surface area contributed by atoms with Gasteiger partial charge in [-0.2, -0.15) is 0 Å². The molecule has 104 valence electrons. The Balaban J connectivity index is 3.00. The van der Waals surface area contributed by atoms with Gasteiger partial charge in [0.15, 0.2) is 0 Å². The van der Waals surface area contributed by atoms with E-state index in [1.165, 1.54) is 0 Å². The molecule has 0 aliphatic carbocycles. The number of rotatable bonds is 5. The number of pyridine rings is 1. The van der Waals surface area contributed by atoms with Crippen molar-refractivity contribution in [1.82, 2.24) is 9.88 Å². The molecule has 1 aromatic rings. The minimum absolute atomic E-state index is 0.260. The van der Waals surface area contributed by atoms with Crippen LogP contribution in [0.2, 0.25) is 0 Å². The fraction of sp³-hybridized carbons (Fsp3) is 0.500. The van der Waals surface area contributed by atoms with Crippen molar-refractivity contribution in [3.63, 3.8) is 0 Å². The molecule has 0 N–H and O–H groups in total. The van der Waals surface area contributed by atoms with E-state index in [2.05, 4.69) is 9.98 Å². The van der Waals surface area contributed by atoms with Crippen LogP contribution in [0.1, 0.15) is 28.5 Å². The van der Waals surface area contributed by atoms with Gasteiger partial charge in [0.25, 0.3) is 5.91 Å². The summed E-state index contributed by atoms with van der Waals surface area (Å²) in [6.45, 7) is 4.42. The van der Waals surface area contributed by atoms with E-state index in [1.807, 2.05) is 32.0 Å². The van der Waals surface area contributed by atoms with Crippen LogP contribution in [0.3, 0.4) is 0 Å². The first-order valence-electron chi connectivity index (χ1n) is 6.25. The molecule has 1 amide bonds. The molecule has 1 aromatic heterocycles. The van der Waals surface area contributed by atoms with Crippen molar-refractivity contribution >= 4 is 12.1 Å². The van der Waals surface area contributed by atoms with Crippen LogP contribution in [0.4, 0.5) is 0 Å². The van der Waals surface area contributed by atoms with Crippen LogP contribution in [0.25, 0.3) is 0 Å². The van der Waals surface area contributed by atoms with Crippen LogP contribution in [0.15, 0.2) is 11.1 Å². The maximum absolute atomic E-state index is 12.0. The number of carbonyl (C=O) groups excluding carboxylic acids is 1. The number of hydrogen-bond acceptors (Lipinski definition) is 4. The summed E-state index contributed by atoms with van der Waals surface area (Å²) in [6, 6.07) is 1.82. The molecular formula is C14H21N3O2. The van der Waals surface area contributed by atoms with Crippen molar-refractivity contribution in [2.45, 2.75) is 20.3 Å². The van der Waals surface area contributed by atoms with E-state index in [4.69, 9.17) is 4.74 Å². The van der Waals surface area contributed by atoms with Gasteiger partial charge in [-0.15, -0.1) is 0 Å². The molecule has 5 heteroatoms. The van der Waals surface area contributed by atoms with Gasteiger partial charge in [-0.05, 0) is 33.5 Å². The summed E-state index contributed by atoms with van der Waals surface area (Å²) in [5, 5.41) is 0. The maximum Gasteiger partial charge on any atom is 0.278 e. The molecule has 5 nitrogen and oxygen atoms in total. The van der Waals surface area contributed by atoms with E-state index in [1.54, 1.807) is 20.2 Å². The van der Waals surface area contributed by atoms with Crippen molar-refractivity contribution in [3.8, 4) is 5.88 Å².